The van der Waals surface area contributed by atoms with E-state index in [-0.39, 0.29) is 0 Å². The molecule has 0 saturated heterocycles. The second-order valence-electron chi connectivity index (χ2n) is 2.05. The monoisotopic (exact) mass is 184 g/mol. The predicted molar refractivity (Wildman–Crippen MR) is 50.6 cm³/mol. The van der Waals surface area contributed by atoms with Crippen LogP contribution in [0.25, 0.3) is 0 Å². The van der Waals surface area contributed by atoms with Gasteiger partial charge in [-0.15, -0.1) is 6.58 Å². The molecule has 0 fully saturated rings. The zero-order valence-electron chi connectivity index (χ0n) is 5.91. The molecule has 0 aromatic carbocycles. The fourth-order valence-corrected chi connectivity index (χ4v) is 1.19. The molecule has 0 spiro atoms. The lowest BCUT2D eigenvalue weighted by Crippen LogP contribution is -1.98. The maximum Gasteiger partial charge on any atom is 0.178 e. The normalized spacial score (nSPS) is 9.45. The summed E-state index contributed by atoms with van der Waals surface area (Å²) in [5.41, 5.74) is 0. The van der Waals surface area contributed by atoms with E-state index < -0.39 is 0 Å². The number of hydrogen-bond donors (Lipinski definition) is 1. The highest BCUT2D eigenvalue weighted by atomic mass is 32.1. The Hall–Kier alpha value is -0.740. The highest BCUT2D eigenvalue weighted by molar-refractivity contribution is 7.72. The van der Waals surface area contributed by atoms with Gasteiger partial charge in [0.25, 0.3) is 0 Å². The number of allylic oxidation sites excluding steroid dienone is 1. The average Bonchev–Trinajstić information content (AvgIpc) is 1.95. The van der Waals surface area contributed by atoms with Crippen molar-refractivity contribution >= 4 is 24.4 Å². The molecule has 4 heteroatoms. The second-order valence-corrected chi connectivity index (χ2v) is 2.88. The van der Waals surface area contributed by atoms with Crippen molar-refractivity contribution in [1.82, 2.24) is 9.55 Å². The molecule has 0 saturated carbocycles. The van der Waals surface area contributed by atoms with Crippen molar-refractivity contribution in [2.75, 3.05) is 0 Å². The van der Waals surface area contributed by atoms with Gasteiger partial charge in [0.05, 0.1) is 0 Å². The van der Waals surface area contributed by atoms with E-state index in [0.29, 0.717) is 16.0 Å². The Balaban J connectivity index is 3.19. The molecule has 1 rings (SSSR count). The molecule has 58 valence electrons. The Bertz CT molecular complexity index is 361. The Morgan fingerprint density at radius 1 is 1.64 bits per heavy atom. The molecular formula is C7H8N2S2. The van der Waals surface area contributed by atoms with Crippen LogP contribution in [0.1, 0.15) is 0 Å². The van der Waals surface area contributed by atoms with Crippen LogP contribution in [0.2, 0.25) is 0 Å². The molecule has 11 heavy (non-hydrogen) atoms. The highest BCUT2D eigenvalue weighted by Gasteiger charge is 1.85. The Kier molecular flexibility index (Phi) is 2.73. The number of nitrogens with one attached hydrogen (secondary N) is 1. The van der Waals surface area contributed by atoms with E-state index in [1.807, 2.05) is 10.8 Å². The van der Waals surface area contributed by atoms with E-state index in [4.69, 9.17) is 24.4 Å². The van der Waals surface area contributed by atoms with Gasteiger partial charge in [-0.25, -0.2) is 0 Å². The van der Waals surface area contributed by atoms with Crippen molar-refractivity contribution < 1.29 is 0 Å². The minimum absolute atomic E-state index is 0.636. The fourth-order valence-electron chi connectivity index (χ4n) is 0.727. The van der Waals surface area contributed by atoms with Crippen LogP contribution in [0.5, 0.6) is 0 Å². The van der Waals surface area contributed by atoms with Crippen molar-refractivity contribution in [2.24, 2.45) is 0 Å². The van der Waals surface area contributed by atoms with Crippen molar-refractivity contribution in [3.8, 4) is 0 Å². The first-order valence-electron chi connectivity index (χ1n) is 3.14. The third-order valence-corrected chi connectivity index (χ3v) is 1.80. The molecule has 0 bridgehead atoms. The summed E-state index contributed by atoms with van der Waals surface area (Å²) in [5.74, 6) is 0. The molecule has 2 nitrogen and oxygen atoms in total. The molecule has 0 atom stereocenters. The van der Waals surface area contributed by atoms with Crippen LogP contribution in [0.4, 0.5) is 0 Å². The number of hydrogen-bond acceptors (Lipinski definition) is 2. The van der Waals surface area contributed by atoms with Crippen LogP contribution in [-0.2, 0) is 6.54 Å². The summed E-state index contributed by atoms with van der Waals surface area (Å²) in [7, 11) is 0. The minimum atomic E-state index is 0.636. The molecule has 0 amide bonds. The summed E-state index contributed by atoms with van der Waals surface area (Å²) in [6.07, 6.45) is 3.63. The zero-order chi connectivity index (χ0) is 8.27. The van der Waals surface area contributed by atoms with Gasteiger partial charge in [0.1, 0.15) is 4.64 Å². The van der Waals surface area contributed by atoms with Crippen LogP contribution >= 0.6 is 24.4 Å². The topological polar surface area (TPSA) is 20.7 Å². The molecule has 0 aliphatic carbocycles. The van der Waals surface area contributed by atoms with E-state index in [9.17, 15) is 0 Å². The Morgan fingerprint density at radius 3 is 2.91 bits per heavy atom. The zero-order valence-corrected chi connectivity index (χ0v) is 7.54. The van der Waals surface area contributed by atoms with Crippen LogP contribution in [0.15, 0.2) is 24.9 Å². The molecule has 1 heterocycles. The minimum Gasteiger partial charge on any atom is -0.323 e. The SMILES string of the molecule is C=CCn1ccc(=S)[nH]c1=S. The fraction of sp³-hybridized carbons (Fsp3) is 0.143. The summed E-state index contributed by atoms with van der Waals surface area (Å²) in [4.78, 5) is 2.87. The summed E-state index contributed by atoms with van der Waals surface area (Å²) in [6, 6.07) is 1.80. The van der Waals surface area contributed by atoms with Gasteiger partial charge in [0.15, 0.2) is 4.77 Å². The number of rotatable bonds is 2. The van der Waals surface area contributed by atoms with E-state index in [2.05, 4.69) is 11.6 Å². The first-order valence-corrected chi connectivity index (χ1v) is 3.96. The van der Waals surface area contributed by atoms with E-state index in [0.717, 1.165) is 0 Å². The van der Waals surface area contributed by atoms with Gasteiger partial charge in [-0.05, 0) is 18.3 Å². The second kappa shape index (κ2) is 3.59. The van der Waals surface area contributed by atoms with Gasteiger partial charge >= 0.3 is 0 Å². The molecule has 0 radical (unpaired) electrons. The first kappa shape index (κ1) is 8.36. The van der Waals surface area contributed by atoms with E-state index >= 15 is 0 Å². The number of aromatic amines is 1. The quantitative estimate of drug-likeness (QED) is 0.563. The lowest BCUT2D eigenvalue weighted by atomic mass is 10.6. The standard InChI is InChI=1S/C7H8N2S2/c1-2-4-9-5-3-6(10)8-7(9)11/h2-3,5H,1,4H2,(H,8,10,11). The molecule has 1 aromatic heterocycles. The summed E-state index contributed by atoms with van der Waals surface area (Å²) in [6.45, 7) is 4.33. The van der Waals surface area contributed by atoms with Crippen molar-refractivity contribution in [2.45, 2.75) is 6.54 Å². The Labute approximate surface area is 75.2 Å². The molecule has 0 unspecified atom stereocenters. The van der Waals surface area contributed by atoms with Gasteiger partial charge in [0, 0.05) is 12.7 Å². The summed E-state index contributed by atoms with van der Waals surface area (Å²) >= 11 is 9.88. The van der Waals surface area contributed by atoms with E-state index in [1.165, 1.54) is 0 Å². The molecule has 0 aliphatic rings. The number of H-pyrrole nitrogens is 1. The third kappa shape index (κ3) is 2.10. The van der Waals surface area contributed by atoms with Gasteiger partial charge in [0.2, 0.25) is 0 Å². The number of nitrogens with zero attached hydrogens (tertiary/aromatic N) is 1. The van der Waals surface area contributed by atoms with Crippen LogP contribution in [-0.4, -0.2) is 9.55 Å². The molecule has 1 N–H and O–H groups in total. The first-order chi connectivity index (χ1) is 5.24. The van der Waals surface area contributed by atoms with E-state index in [1.54, 1.807) is 12.1 Å². The maximum absolute atomic E-state index is 5.00. The number of aromatic nitrogens is 2. The largest absolute Gasteiger partial charge is 0.323 e. The lowest BCUT2D eigenvalue weighted by Gasteiger charge is -2.00. The van der Waals surface area contributed by atoms with Crippen LogP contribution in [0.3, 0.4) is 0 Å². The van der Waals surface area contributed by atoms with Crippen molar-refractivity contribution in [3.63, 3.8) is 0 Å². The summed E-state index contributed by atoms with van der Waals surface area (Å²) in [5, 5.41) is 0. The van der Waals surface area contributed by atoms with Gasteiger partial charge < -0.3 is 9.55 Å². The van der Waals surface area contributed by atoms with Gasteiger partial charge in [-0.3, -0.25) is 0 Å². The highest BCUT2D eigenvalue weighted by Crippen LogP contribution is 1.91. The average molecular weight is 184 g/mol. The molecule has 1 aromatic rings. The van der Waals surface area contributed by atoms with Crippen LogP contribution in [0, 0.1) is 9.41 Å². The molecular weight excluding hydrogens is 176 g/mol. The lowest BCUT2D eigenvalue weighted by molar-refractivity contribution is 0.768. The van der Waals surface area contributed by atoms with Gasteiger partial charge in [-0.2, -0.15) is 0 Å². The maximum atomic E-state index is 5.00. The summed E-state index contributed by atoms with van der Waals surface area (Å²) < 4.78 is 3.16. The predicted octanol–water partition coefficient (Wildman–Crippen LogP) is 2.46. The Morgan fingerprint density at radius 2 is 2.36 bits per heavy atom. The van der Waals surface area contributed by atoms with Gasteiger partial charge in [-0.1, -0.05) is 18.3 Å². The van der Waals surface area contributed by atoms with Crippen LogP contribution < -0.4 is 0 Å². The van der Waals surface area contributed by atoms with Crippen molar-refractivity contribution in [1.29, 1.82) is 0 Å². The van der Waals surface area contributed by atoms with Crippen molar-refractivity contribution in [3.05, 3.63) is 34.3 Å². The molecule has 0 aliphatic heterocycles. The third-order valence-electron chi connectivity index (χ3n) is 1.22. The smallest absolute Gasteiger partial charge is 0.178 e.